The summed E-state index contributed by atoms with van der Waals surface area (Å²) in [6.07, 6.45) is 0. The molecule has 1 amide bonds. The molecule has 5 heteroatoms. The molecule has 0 spiro atoms. The topological polar surface area (TPSA) is 45.2 Å². The average Bonchev–Trinajstić information content (AvgIpc) is 2.56. The molecule has 2 rings (SSSR count). The fraction of sp³-hybridized carbons (Fsp3) is 0.667. The Hall–Kier alpha value is -0.940. The molecule has 4 nitrogen and oxygen atoms in total. The summed E-state index contributed by atoms with van der Waals surface area (Å²) in [5, 5.41) is 4.28. The normalized spacial score (nSPS) is 19.4. The van der Waals surface area contributed by atoms with E-state index in [1.165, 1.54) is 11.3 Å². The Morgan fingerprint density at radius 2 is 2.18 bits per heavy atom. The van der Waals surface area contributed by atoms with E-state index in [0.29, 0.717) is 0 Å². The number of aromatic nitrogens is 1. The van der Waals surface area contributed by atoms with Gasteiger partial charge in [-0.2, -0.15) is 0 Å². The SMILES string of the molecule is Cc1nc(C)c(C(=O)N2CCNCC2(C)C)s1. The molecule has 0 bridgehead atoms. The van der Waals surface area contributed by atoms with E-state index < -0.39 is 0 Å². The van der Waals surface area contributed by atoms with Gasteiger partial charge in [-0.15, -0.1) is 11.3 Å². The Bertz CT molecular complexity index is 439. The summed E-state index contributed by atoms with van der Waals surface area (Å²) in [4.78, 5) is 19.6. The van der Waals surface area contributed by atoms with Crippen LogP contribution in [0.4, 0.5) is 0 Å². The zero-order valence-electron chi connectivity index (χ0n) is 10.8. The van der Waals surface area contributed by atoms with Crippen molar-refractivity contribution >= 4 is 17.2 Å². The molecule has 0 atom stereocenters. The predicted octanol–water partition coefficient (Wildman–Crippen LogP) is 1.58. The molecule has 1 aromatic rings. The fourth-order valence-corrected chi connectivity index (χ4v) is 3.08. The van der Waals surface area contributed by atoms with Crippen molar-refractivity contribution in [2.24, 2.45) is 0 Å². The van der Waals surface area contributed by atoms with E-state index in [1.54, 1.807) is 0 Å². The van der Waals surface area contributed by atoms with Gasteiger partial charge in [0.15, 0.2) is 0 Å². The van der Waals surface area contributed by atoms with Crippen molar-refractivity contribution in [3.8, 4) is 0 Å². The number of carbonyl (C=O) groups excluding carboxylic acids is 1. The minimum Gasteiger partial charge on any atom is -0.330 e. The summed E-state index contributed by atoms with van der Waals surface area (Å²) in [6, 6.07) is 0. The van der Waals surface area contributed by atoms with Gasteiger partial charge in [-0.25, -0.2) is 4.98 Å². The maximum atomic E-state index is 12.5. The number of carbonyl (C=O) groups is 1. The van der Waals surface area contributed by atoms with Crippen molar-refractivity contribution < 1.29 is 4.79 Å². The van der Waals surface area contributed by atoms with Crippen molar-refractivity contribution in [1.29, 1.82) is 0 Å². The van der Waals surface area contributed by atoms with Crippen LogP contribution in [-0.2, 0) is 0 Å². The fourth-order valence-electron chi connectivity index (χ4n) is 2.21. The van der Waals surface area contributed by atoms with E-state index in [2.05, 4.69) is 24.1 Å². The zero-order valence-corrected chi connectivity index (χ0v) is 11.6. The minimum absolute atomic E-state index is 0.125. The summed E-state index contributed by atoms with van der Waals surface area (Å²) in [6.45, 7) is 10.5. The summed E-state index contributed by atoms with van der Waals surface area (Å²) in [7, 11) is 0. The Kier molecular flexibility index (Phi) is 3.23. The molecule has 0 saturated carbocycles. The lowest BCUT2D eigenvalue weighted by Crippen LogP contribution is -2.59. The number of piperazine rings is 1. The van der Waals surface area contributed by atoms with Gasteiger partial charge < -0.3 is 10.2 Å². The van der Waals surface area contributed by atoms with E-state index in [-0.39, 0.29) is 11.4 Å². The van der Waals surface area contributed by atoms with Gasteiger partial charge in [-0.05, 0) is 27.7 Å². The molecular formula is C12H19N3OS. The molecule has 0 aromatic carbocycles. The van der Waals surface area contributed by atoms with Gasteiger partial charge in [0.1, 0.15) is 4.88 Å². The van der Waals surface area contributed by atoms with Crippen LogP contribution in [-0.4, -0.2) is 41.0 Å². The number of aryl methyl sites for hydroxylation is 2. The van der Waals surface area contributed by atoms with Gasteiger partial charge in [0.05, 0.1) is 16.2 Å². The van der Waals surface area contributed by atoms with Crippen LogP contribution in [0.5, 0.6) is 0 Å². The number of thiazole rings is 1. The van der Waals surface area contributed by atoms with Crippen molar-refractivity contribution in [1.82, 2.24) is 15.2 Å². The molecule has 17 heavy (non-hydrogen) atoms. The maximum Gasteiger partial charge on any atom is 0.266 e. The van der Waals surface area contributed by atoms with E-state index in [1.807, 2.05) is 18.7 Å². The first-order valence-electron chi connectivity index (χ1n) is 5.88. The van der Waals surface area contributed by atoms with Gasteiger partial charge in [0.2, 0.25) is 0 Å². The second kappa shape index (κ2) is 4.38. The Morgan fingerprint density at radius 1 is 1.47 bits per heavy atom. The van der Waals surface area contributed by atoms with E-state index in [9.17, 15) is 4.79 Å². The number of nitrogens with one attached hydrogen (secondary N) is 1. The Balaban J connectivity index is 2.28. The molecule has 1 aliphatic rings. The Morgan fingerprint density at radius 3 is 2.71 bits per heavy atom. The largest absolute Gasteiger partial charge is 0.330 e. The summed E-state index contributed by atoms with van der Waals surface area (Å²) in [5.74, 6) is 0.125. The molecule has 1 saturated heterocycles. The number of hydrogen-bond acceptors (Lipinski definition) is 4. The lowest BCUT2D eigenvalue weighted by molar-refractivity contribution is 0.0481. The predicted molar refractivity (Wildman–Crippen MR) is 69.6 cm³/mol. The zero-order chi connectivity index (χ0) is 12.6. The molecular weight excluding hydrogens is 234 g/mol. The number of amides is 1. The second-order valence-electron chi connectivity index (χ2n) is 5.09. The van der Waals surface area contributed by atoms with Crippen LogP contribution in [0, 0.1) is 13.8 Å². The van der Waals surface area contributed by atoms with Crippen molar-refractivity contribution in [2.45, 2.75) is 33.2 Å². The minimum atomic E-state index is -0.125. The number of rotatable bonds is 1. The monoisotopic (exact) mass is 253 g/mol. The van der Waals surface area contributed by atoms with Crippen molar-refractivity contribution in [3.05, 3.63) is 15.6 Å². The maximum absolute atomic E-state index is 12.5. The van der Waals surface area contributed by atoms with E-state index >= 15 is 0 Å². The van der Waals surface area contributed by atoms with Crippen LogP contribution < -0.4 is 5.32 Å². The first-order valence-corrected chi connectivity index (χ1v) is 6.70. The molecule has 0 unspecified atom stereocenters. The number of nitrogens with zero attached hydrogens (tertiary/aromatic N) is 2. The third-order valence-corrected chi connectivity index (χ3v) is 4.20. The van der Waals surface area contributed by atoms with Gasteiger partial charge in [0, 0.05) is 19.6 Å². The highest BCUT2D eigenvalue weighted by Gasteiger charge is 2.35. The van der Waals surface area contributed by atoms with Gasteiger partial charge in [-0.1, -0.05) is 0 Å². The molecule has 94 valence electrons. The van der Waals surface area contributed by atoms with Crippen LogP contribution in [0.2, 0.25) is 0 Å². The first-order chi connectivity index (χ1) is 7.92. The smallest absolute Gasteiger partial charge is 0.266 e. The molecule has 0 aliphatic carbocycles. The summed E-state index contributed by atoms with van der Waals surface area (Å²) >= 11 is 1.49. The van der Waals surface area contributed by atoms with E-state index in [0.717, 1.165) is 35.2 Å². The Labute approximate surface area is 106 Å². The van der Waals surface area contributed by atoms with Crippen LogP contribution >= 0.6 is 11.3 Å². The highest BCUT2D eigenvalue weighted by Crippen LogP contribution is 2.24. The average molecular weight is 253 g/mol. The highest BCUT2D eigenvalue weighted by molar-refractivity contribution is 7.13. The molecule has 0 radical (unpaired) electrons. The second-order valence-corrected chi connectivity index (χ2v) is 6.30. The van der Waals surface area contributed by atoms with E-state index in [4.69, 9.17) is 0 Å². The molecule has 1 aliphatic heterocycles. The summed E-state index contributed by atoms with van der Waals surface area (Å²) in [5.41, 5.74) is 0.728. The molecule has 1 N–H and O–H groups in total. The lowest BCUT2D eigenvalue weighted by atomic mass is 10.00. The standard InChI is InChI=1S/C12H19N3OS/c1-8-10(17-9(2)14-8)11(16)15-6-5-13-7-12(15,3)4/h13H,5-7H2,1-4H3. The third kappa shape index (κ3) is 2.35. The molecule has 1 fully saturated rings. The van der Waals surface area contributed by atoms with Crippen LogP contribution in [0.3, 0.4) is 0 Å². The quantitative estimate of drug-likeness (QED) is 0.826. The van der Waals surface area contributed by atoms with Crippen molar-refractivity contribution in [3.63, 3.8) is 0 Å². The van der Waals surface area contributed by atoms with Crippen molar-refractivity contribution in [2.75, 3.05) is 19.6 Å². The molecule has 2 heterocycles. The lowest BCUT2D eigenvalue weighted by Gasteiger charge is -2.42. The first kappa shape index (κ1) is 12.5. The highest BCUT2D eigenvalue weighted by atomic mass is 32.1. The van der Waals surface area contributed by atoms with Crippen LogP contribution in [0.1, 0.15) is 34.2 Å². The van der Waals surface area contributed by atoms with Crippen LogP contribution in [0.25, 0.3) is 0 Å². The number of hydrogen-bond donors (Lipinski definition) is 1. The van der Waals surface area contributed by atoms with Gasteiger partial charge in [0.25, 0.3) is 5.91 Å². The molecule has 1 aromatic heterocycles. The van der Waals surface area contributed by atoms with Gasteiger partial charge >= 0.3 is 0 Å². The van der Waals surface area contributed by atoms with Gasteiger partial charge in [-0.3, -0.25) is 4.79 Å². The van der Waals surface area contributed by atoms with Crippen LogP contribution in [0.15, 0.2) is 0 Å². The summed E-state index contributed by atoms with van der Waals surface area (Å²) < 4.78 is 0. The third-order valence-electron chi connectivity index (χ3n) is 3.14.